The van der Waals surface area contributed by atoms with Gasteiger partial charge < -0.3 is 23.7 Å². The molecule has 8 nitrogen and oxygen atoms in total. The largest absolute Gasteiger partial charge is 0.461 e. The Morgan fingerprint density at radius 3 is 1.32 bits per heavy atom. The van der Waals surface area contributed by atoms with Crippen molar-refractivity contribution < 1.29 is 64.4 Å². The van der Waals surface area contributed by atoms with Crippen LogP contribution in [0.15, 0.2) is 84.9 Å². The first-order chi connectivity index (χ1) is 35.0. The van der Waals surface area contributed by atoms with Gasteiger partial charge in [0.1, 0.15) is 18.3 Å². The van der Waals surface area contributed by atoms with E-state index in [9.17, 15) is 40.7 Å². The zero-order valence-corrected chi connectivity index (χ0v) is 45.0. The fraction of sp³-hybridized carbons (Fsp3) is 0.386. The van der Waals surface area contributed by atoms with Gasteiger partial charge in [0.15, 0.2) is 41.0 Å². The molecule has 4 heterocycles. The fourth-order valence-electron chi connectivity index (χ4n) is 9.33. The highest BCUT2D eigenvalue weighted by Gasteiger charge is 2.47. The number of carbonyl (C=O) groups excluding carboxylic acids is 3. The van der Waals surface area contributed by atoms with Crippen LogP contribution >= 0.6 is 34.4 Å². The molecule has 2 aromatic heterocycles. The molecule has 0 spiro atoms. The van der Waals surface area contributed by atoms with Gasteiger partial charge in [-0.1, -0.05) is 50.2 Å². The number of hydrogen-bond donors (Lipinski definition) is 0. The minimum atomic E-state index is -1.49. The molecule has 8 rings (SSSR count). The quantitative estimate of drug-likeness (QED) is 0.0514. The van der Waals surface area contributed by atoms with Gasteiger partial charge in [-0.05, 0) is 127 Å². The van der Waals surface area contributed by atoms with Crippen LogP contribution < -0.4 is 0 Å². The van der Waals surface area contributed by atoms with Gasteiger partial charge in [-0.25, -0.2) is 26.3 Å². The average molecular weight is 1080 g/mol. The molecule has 0 aliphatic carbocycles. The standard InChI is InChI=1S/C29H29F3O5S.C28H29F3O3S2/c1-14-6-7-19(28-29(37-18(5)34)27(36-17(4)33)15(2)16(3)35-28)10-20(14)11-22-8-9-25(38-22)21-12-23(30)26(32)24(31)13-21;1-14-6-7-18(27-28(35-5)26(34-17(4)32)15(2)16(3)33-27)10-19(14)11-21-8-9-24(36-21)20-12-22(29)25(31)23(30)13-20/h6-10,12-13,15-16,27-29H,11H2,1-5H3;6-10,12-13,15-16,26-28H,11H2,1-5H3/t15-,16-,27+,28?,29-;15-,16-,26+,27?,28-/m11/s1. The molecular formula is C57H58F6O8S3. The Hall–Kier alpha value is -5.46. The minimum absolute atomic E-state index is 0.0488. The van der Waals surface area contributed by atoms with Crippen molar-refractivity contribution in [2.45, 2.75) is 123 Å². The summed E-state index contributed by atoms with van der Waals surface area (Å²) >= 11 is 4.41. The average Bonchev–Trinajstić information content (AvgIpc) is 4.02. The third-order valence-corrected chi connectivity index (χ3v) is 17.0. The molecule has 394 valence electrons. The number of benzene rings is 4. The van der Waals surface area contributed by atoms with Crippen LogP contribution in [0.25, 0.3) is 20.9 Å². The topological polar surface area (TPSA) is 97.4 Å². The normalized spacial score (nSPS) is 23.6. The predicted molar refractivity (Wildman–Crippen MR) is 276 cm³/mol. The molecule has 0 saturated carbocycles. The van der Waals surface area contributed by atoms with Crippen LogP contribution in [-0.2, 0) is 50.9 Å². The summed E-state index contributed by atoms with van der Waals surface area (Å²) in [7, 11) is 0. The van der Waals surface area contributed by atoms with Gasteiger partial charge in [-0.3, -0.25) is 14.4 Å². The van der Waals surface area contributed by atoms with E-state index >= 15 is 0 Å². The summed E-state index contributed by atoms with van der Waals surface area (Å²) in [6.07, 6.45) is 0.169. The number of thiophene rings is 2. The number of carbonyl (C=O) groups is 3. The van der Waals surface area contributed by atoms with Crippen LogP contribution in [0.1, 0.15) is 104 Å². The maximum Gasteiger partial charge on any atom is 0.303 e. The van der Waals surface area contributed by atoms with Gasteiger partial charge >= 0.3 is 17.9 Å². The molecule has 6 aromatic rings. The third kappa shape index (κ3) is 13.0. The Balaban J connectivity index is 0.000000217. The van der Waals surface area contributed by atoms with E-state index in [4.69, 9.17) is 23.7 Å². The molecule has 10 atom stereocenters. The molecule has 0 amide bonds. The number of hydrogen-bond acceptors (Lipinski definition) is 11. The summed E-state index contributed by atoms with van der Waals surface area (Å²) in [6.45, 7) is 15.9. The number of aryl methyl sites for hydroxylation is 2. The van der Waals surface area contributed by atoms with Gasteiger partial charge in [0.2, 0.25) is 0 Å². The lowest BCUT2D eigenvalue weighted by molar-refractivity contribution is -0.222. The van der Waals surface area contributed by atoms with Gasteiger partial charge in [-0.2, -0.15) is 11.8 Å². The van der Waals surface area contributed by atoms with Crippen molar-refractivity contribution in [3.05, 3.63) is 163 Å². The molecule has 17 heteroatoms. The van der Waals surface area contributed by atoms with E-state index in [2.05, 4.69) is 18.2 Å². The van der Waals surface area contributed by atoms with E-state index in [0.717, 1.165) is 67.4 Å². The van der Waals surface area contributed by atoms with Crippen LogP contribution in [0.4, 0.5) is 26.3 Å². The van der Waals surface area contributed by atoms with Crippen molar-refractivity contribution in [1.82, 2.24) is 0 Å². The molecular weight excluding hydrogens is 1020 g/mol. The molecule has 4 aromatic carbocycles. The van der Waals surface area contributed by atoms with E-state index in [-0.39, 0.29) is 53.0 Å². The Morgan fingerprint density at radius 2 is 0.905 bits per heavy atom. The second-order valence-corrected chi connectivity index (χ2v) is 22.3. The van der Waals surface area contributed by atoms with E-state index < -0.39 is 65.2 Å². The van der Waals surface area contributed by atoms with Crippen LogP contribution in [0.5, 0.6) is 0 Å². The maximum absolute atomic E-state index is 13.7. The molecule has 2 unspecified atom stereocenters. The summed E-state index contributed by atoms with van der Waals surface area (Å²) in [5.41, 5.74) is 6.58. The molecule has 2 fully saturated rings. The number of rotatable bonds is 12. The first-order valence-corrected chi connectivity index (χ1v) is 27.0. The second kappa shape index (κ2) is 24.0. The van der Waals surface area contributed by atoms with Crippen molar-refractivity contribution in [3.8, 4) is 20.9 Å². The van der Waals surface area contributed by atoms with Gasteiger partial charge in [0, 0.05) is 65.0 Å². The first kappa shape index (κ1) is 56.3. The Kier molecular flexibility index (Phi) is 18.3. The minimum Gasteiger partial charge on any atom is -0.461 e. The van der Waals surface area contributed by atoms with E-state index in [1.807, 2.05) is 78.1 Å². The summed E-state index contributed by atoms with van der Waals surface area (Å²) in [5, 5.41) is -0.0488. The van der Waals surface area contributed by atoms with E-state index in [1.54, 1.807) is 23.9 Å². The summed E-state index contributed by atoms with van der Waals surface area (Å²) in [4.78, 5) is 38.8. The highest BCUT2D eigenvalue weighted by Crippen LogP contribution is 2.44. The van der Waals surface area contributed by atoms with Gasteiger partial charge in [0.25, 0.3) is 0 Å². The highest BCUT2D eigenvalue weighted by molar-refractivity contribution is 7.99. The lowest BCUT2D eigenvalue weighted by Crippen LogP contribution is -2.52. The summed E-state index contributed by atoms with van der Waals surface area (Å²) in [5.74, 6) is -9.21. The van der Waals surface area contributed by atoms with Crippen LogP contribution in [0, 0.1) is 60.6 Å². The Bertz CT molecular complexity index is 2970. The number of thioether (sulfide) groups is 1. The van der Waals surface area contributed by atoms with Crippen molar-refractivity contribution in [2.24, 2.45) is 11.8 Å². The van der Waals surface area contributed by atoms with Crippen molar-refractivity contribution >= 4 is 52.3 Å². The van der Waals surface area contributed by atoms with Crippen molar-refractivity contribution in [3.63, 3.8) is 0 Å². The summed E-state index contributed by atoms with van der Waals surface area (Å²) in [6, 6.07) is 23.4. The van der Waals surface area contributed by atoms with Crippen LogP contribution in [0.2, 0.25) is 0 Å². The second-order valence-electron chi connectivity index (χ2n) is 18.9. The predicted octanol–water partition coefficient (Wildman–Crippen LogP) is 14.2. The monoisotopic (exact) mass is 1080 g/mol. The molecule has 2 saturated heterocycles. The lowest BCUT2D eigenvalue weighted by Gasteiger charge is -2.44. The molecule has 0 N–H and O–H groups in total. The van der Waals surface area contributed by atoms with E-state index in [0.29, 0.717) is 28.2 Å². The van der Waals surface area contributed by atoms with Crippen LogP contribution in [-0.4, -0.2) is 59.9 Å². The summed E-state index contributed by atoms with van der Waals surface area (Å²) < 4.78 is 111. The SMILES string of the molecule is CC(=O)O[C@H]1[C@H](C)[C@@H](C)OC(c2ccc(C)c(Cc3ccc(-c4cc(F)c(F)c(F)c4)s3)c2)[C@@H]1OC(C)=O.CS[C@H]1C(c2ccc(C)c(Cc3ccc(-c4cc(F)c(F)c(F)c4)s3)c2)O[C@H](C)[C@@H](C)[C@@H]1OC(C)=O. The number of halogens is 6. The fourth-order valence-corrected chi connectivity index (χ4v) is 12.4. The van der Waals surface area contributed by atoms with Crippen molar-refractivity contribution in [2.75, 3.05) is 6.26 Å². The highest BCUT2D eigenvalue weighted by atomic mass is 32.2. The third-order valence-electron chi connectivity index (χ3n) is 13.7. The maximum atomic E-state index is 13.7. The zero-order chi connectivity index (χ0) is 53.9. The molecule has 2 aliphatic rings. The van der Waals surface area contributed by atoms with Crippen LogP contribution in [0.3, 0.4) is 0 Å². The molecule has 74 heavy (non-hydrogen) atoms. The van der Waals surface area contributed by atoms with Gasteiger partial charge in [-0.15, -0.1) is 22.7 Å². The molecule has 0 radical (unpaired) electrons. The Labute approximate surface area is 439 Å². The first-order valence-electron chi connectivity index (χ1n) is 24.0. The zero-order valence-electron chi connectivity index (χ0n) is 42.5. The van der Waals surface area contributed by atoms with E-state index in [1.165, 1.54) is 43.4 Å². The number of esters is 3. The lowest BCUT2D eigenvalue weighted by atomic mass is 9.85. The van der Waals surface area contributed by atoms with Crippen molar-refractivity contribution in [1.29, 1.82) is 0 Å². The number of ether oxygens (including phenoxy) is 5. The Morgan fingerprint density at radius 1 is 0.527 bits per heavy atom. The molecule has 0 bridgehead atoms. The smallest absolute Gasteiger partial charge is 0.303 e. The van der Waals surface area contributed by atoms with Gasteiger partial charge in [0.05, 0.1) is 23.6 Å². The molecule has 2 aliphatic heterocycles.